The van der Waals surface area contributed by atoms with E-state index in [0.29, 0.717) is 17.8 Å². The van der Waals surface area contributed by atoms with Gasteiger partial charge in [0.25, 0.3) is 0 Å². The Morgan fingerprint density at radius 2 is 1.68 bits per heavy atom. The summed E-state index contributed by atoms with van der Waals surface area (Å²) in [6, 6.07) is 7.22. The summed E-state index contributed by atoms with van der Waals surface area (Å²) in [5.41, 5.74) is 0.855. The molecule has 0 spiro atoms. The molecule has 0 N–H and O–H groups in total. The zero-order valence-corrected chi connectivity index (χ0v) is 23.0. The molecule has 31 heavy (non-hydrogen) atoms. The van der Waals surface area contributed by atoms with Crippen LogP contribution in [0.3, 0.4) is 0 Å². The van der Waals surface area contributed by atoms with Crippen molar-refractivity contribution < 1.29 is 13.7 Å². The van der Waals surface area contributed by atoms with E-state index >= 15 is 0 Å². The lowest BCUT2D eigenvalue weighted by Crippen LogP contribution is -2.68. The zero-order valence-electron chi connectivity index (χ0n) is 21.0. The third-order valence-corrected chi connectivity index (χ3v) is 16.0. The molecule has 4 aliphatic rings. The molecule has 1 aromatic rings. The number of rotatable bonds is 6. The van der Waals surface area contributed by atoms with Gasteiger partial charge in [-0.2, -0.15) is 0 Å². The van der Waals surface area contributed by atoms with Gasteiger partial charge < -0.3 is 13.5 Å². The van der Waals surface area contributed by atoms with Crippen molar-refractivity contribution in [2.24, 2.45) is 17.3 Å². The first-order valence-corrected chi connectivity index (χ1v) is 18.9. The van der Waals surface area contributed by atoms with Crippen LogP contribution in [0.15, 0.2) is 24.3 Å². The molecular formula is C24H41BFNO2Si2. The largest absolute Gasteiger partial charge is 0.475 e. The fraction of sp³-hybridized carbons (Fsp3) is 0.750. The second-order valence-corrected chi connectivity index (χ2v) is 23.0. The van der Waals surface area contributed by atoms with E-state index in [1.807, 2.05) is 12.1 Å². The van der Waals surface area contributed by atoms with Gasteiger partial charge in [-0.15, -0.1) is 0 Å². The monoisotopic (exact) mass is 461 g/mol. The summed E-state index contributed by atoms with van der Waals surface area (Å²) in [4.78, 5) is 0. The van der Waals surface area contributed by atoms with Crippen molar-refractivity contribution in [1.82, 2.24) is 4.23 Å². The molecule has 3 nitrogen and oxygen atoms in total. The second-order valence-electron chi connectivity index (χ2n) is 12.9. The minimum Gasteiger partial charge on any atom is -0.404 e. The van der Waals surface area contributed by atoms with Crippen molar-refractivity contribution >= 4 is 23.6 Å². The molecule has 0 unspecified atom stereocenters. The summed E-state index contributed by atoms with van der Waals surface area (Å²) in [5, 5.41) is 0. The molecule has 0 radical (unpaired) electrons. The highest BCUT2D eigenvalue weighted by Gasteiger charge is 2.69. The first-order chi connectivity index (χ1) is 14.2. The van der Waals surface area contributed by atoms with Crippen LogP contribution in [-0.2, 0) is 15.7 Å². The maximum absolute atomic E-state index is 14.8. The summed E-state index contributed by atoms with van der Waals surface area (Å²) < 4.78 is 31.2. The topological polar surface area (TPSA) is 21.7 Å². The average Bonchev–Trinajstić information content (AvgIpc) is 2.97. The molecule has 1 saturated heterocycles. The van der Waals surface area contributed by atoms with Crippen LogP contribution in [0.25, 0.3) is 0 Å². The molecule has 1 heterocycles. The van der Waals surface area contributed by atoms with Gasteiger partial charge in [-0.1, -0.05) is 71.3 Å². The molecule has 7 heteroatoms. The highest BCUT2D eigenvalue weighted by molar-refractivity contribution is 6.90. The lowest BCUT2D eigenvalue weighted by atomic mass is 9.43. The molecule has 1 aromatic carbocycles. The first kappa shape index (κ1) is 23.7. The van der Waals surface area contributed by atoms with Crippen LogP contribution in [0, 0.1) is 23.1 Å². The van der Waals surface area contributed by atoms with Crippen molar-refractivity contribution in [2.45, 2.75) is 97.0 Å². The van der Waals surface area contributed by atoms with Crippen molar-refractivity contribution in [3.8, 4) is 0 Å². The Balaban J connectivity index is 1.71. The molecule has 0 aromatic heterocycles. The molecule has 3 saturated carbocycles. The van der Waals surface area contributed by atoms with Gasteiger partial charge in [-0.05, 0) is 55.1 Å². The van der Waals surface area contributed by atoms with Gasteiger partial charge in [0.2, 0.25) is 0 Å². The maximum atomic E-state index is 14.8. The first-order valence-electron chi connectivity index (χ1n) is 12.0. The second kappa shape index (κ2) is 7.52. The van der Waals surface area contributed by atoms with Gasteiger partial charge in [0.1, 0.15) is 22.3 Å². The minimum absolute atomic E-state index is 0.0398. The van der Waals surface area contributed by atoms with Crippen LogP contribution in [-0.4, -0.2) is 45.5 Å². The number of nitrogens with zero attached hydrogens (tertiary/aromatic N) is 1. The average molecular weight is 462 g/mol. The van der Waals surface area contributed by atoms with E-state index in [9.17, 15) is 4.39 Å². The van der Waals surface area contributed by atoms with Crippen molar-refractivity contribution in [1.29, 1.82) is 0 Å². The minimum atomic E-state index is -1.72. The van der Waals surface area contributed by atoms with Gasteiger partial charge in [0.05, 0.1) is 11.7 Å². The van der Waals surface area contributed by atoms with Gasteiger partial charge in [0, 0.05) is 5.94 Å². The standard InChI is InChI=1S/C24H41BFNO2Si2/c1-23(2)18-15-20(23)24(3)21(16-18)28-25(29-24)22(14-17-12-10-11-13-19(17)26)27(30(4,5)6)31(7,8)9/h10-13,18,20-22H,14-16H2,1-9H3/t18-,20-,21+,22+,24-/m0/s1. The van der Waals surface area contributed by atoms with Crippen LogP contribution in [0.5, 0.6) is 0 Å². The predicted octanol–water partition coefficient (Wildman–Crippen LogP) is 5.98. The van der Waals surface area contributed by atoms with E-state index in [2.05, 4.69) is 64.3 Å². The lowest BCUT2D eigenvalue weighted by Gasteiger charge is -2.64. The maximum Gasteiger partial charge on any atom is 0.475 e. The highest BCUT2D eigenvalue weighted by atomic mass is 28.4. The molecule has 172 valence electrons. The summed E-state index contributed by atoms with van der Waals surface area (Å²) >= 11 is 0. The smallest absolute Gasteiger partial charge is 0.404 e. The van der Waals surface area contributed by atoms with E-state index in [1.54, 1.807) is 12.1 Å². The van der Waals surface area contributed by atoms with Crippen molar-refractivity contribution in [2.75, 3.05) is 0 Å². The number of benzene rings is 1. The van der Waals surface area contributed by atoms with Crippen LogP contribution >= 0.6 is 0 Å². The Hall–Kier alpha value is -0.471. The Morgan fingerprint density at radius 1 is 1.06 bits per heavy atom. The van der Waals surface area contributed by atoms with Crippen LogP contribution in [0.2, 0.25) is 39.3 Å². The third kappa shape index (κ3) is 3.92. The fourth-order valence-corrected chi connectivity index (χ4v) is 17.7. The highest BCUT2D eigenvalue weighted by Crippen LogP contribution is 2.65. The quantitative estimate of drug-likeness (QED) is 0.487. The van der Waals surface area contributed by atoms with E-state index in [0.717, 1.165) is 17.9 Å². The Labute approximate surface area is 191 Å². The number of hydrogen-bond acceptors (Lipinski definition) is 3. The van der Waals surface area contributed by atoms with E-state index in [4.69, 9.17) is 9.31 Å². The number of halogens is 1. The lowest BCUT2D eigenvalue weighted by molar-refractivity contribution is -0.199. The molecule has 5 atom stereocenters. The van der Waals surface area contributed by atoms with E-state index in [1.165, 1.54) is 6.42 Å². The Kier molecular flexibility index (Phi) is 5.74. The predicted molar refractivity (Wildman–Crippen MR) is 133 cm³/mol. The summed E-state index contributed by atoms with van der Waals surface area (Å²) in [5.74, 6) is 1.18. The Morgan fingerprint density at radius 3 is 2.23 bits per heavy atom. The van der Waals surface area contributed by atoms with Gasteiger partial charge in [-0.25, -0.2) is 4.39 Å². The summed E-state index contributed by atoms with van der Waals surface area (Å²) in [6.45, 7) is 21.5. The molecule has 1 aliphatic heterocycles. The van der Waals surface area contributed by atoms with Gasteiger partial charge in [-0.3, -0.25) is 0 Å². The van der Waals surface area contributed by atoms with Crippen LogP contribution < -0.4 is 0 Å². The van der Waals surface area contributed by atoms with Crippen LogP contribution in [0.4, 0.5) is 4.39 Å². The third-order valence-electron chi connectivity index (χ3n) is 8.45. The summed E-state index contributed by atoms with van der Waals surface area (Å²) in [6.07, 6.45) is 3.12. The molecule has 2 bridgehead atoms. The fourth-order valence-electron chi connectivity index (χ4n) is 7.26. The van der Waals surface area contributed by atoms with Crippen molar-refractivity contribution in [3.63, 3.8) is 0 Å². The van der Waals surface area contributed by atoms with E-state index < -0.39 is 16.5 Å². The molecule has 5 rings (SSSR count). The number of hydrogen-bond donors (Lipinski definition) is 0. The van der Waals surface area contributed by atoms with Gasteiger partial charge in [0.15, 0.2) is 0 Å². The SMILES string of the molecule is CC1(C)[C@@H]2C[C@H]3OB([C@@H](Cc4ccccc4F)N([Si](C)(C)C)[Si](C)(C)C)O[C@@]3(C)[C@H]1C2. The van der Waals surface area contributed by atoms with Gasteiger partial charge >= 0.3 is 7.12 Å². The van der Waals surface area contributed by atoms with E-state index in [-0.39, 0.29) is 30.6 Å². The van der Waals surface area contributed by atoms with Crippen LogP contribution in [0.1, 0.15) is 39.2 Å². The molecule has 0 amide bonds. The zero-order chi connectivity index (χ0) is 23.0. The Bertz CT molecular complexity index is 826. The molecular weight excluding hydrogens is 420 g/mol. The van der Waals surface area contributed by atoms with Crippen molar-refractivity contribution in [3.05, 3.63) is 35.6 Å². The normalized spacial score (nSPS) is 33.3. The summed E-state index contributed by atoms with van der Waals surface area (Å²) in [7, 11) is -3.74. The molecule has 4 fully saturated rings. The molecule has 3 aliphatic carbocycles.